The largest absolute Gasteiger partial charge is 0.492 e. The number of anilines is 1. The molecular weight excluding hydrogens is 464 g/mol. The number of hydrogen-bond donors (Lipinski definition) is 1. The number of aryl methyl sites for hydroxylation is 1. The first-order valence-corrected chi connectivity index (χ1v) is 12.2. The normalized spacial score (nSPS) is 15.3. The number of carbonyl (C=O) groups is 1. The molecule has 0 aromatic heterocycles. The third-order valence-corrected chi connectivity index (χ3v) is 7.14. The van der Waals surface area contributed by atoms with Crippen molar-refractivity contribution in [3.63, 3.8) is 0 Å². The van der Waals surface area contributed by atoms with Gasteiger partial charge in [-0.2, -0.15) is 0 Å². The van der Waals surface area contributed by atoms with E-state index in [2.05, 4.69) is 5.32 Å². The number of nitrogens with one attached hydrogen (secondary N) is 1. The number of rotatable bonds is 7. The number of halogens is 1. The lowest BCUT2D eigenvalue weighted by Gasteiger charge is -2.35. The van der Waals surface area contributed by atoms with Gasteiger partial charge >= 0.3 is 0 Å². The molecule has 0 radical (unpaired) electrons. The molecule has 0 aliphatic carbocycles. The molecule has 0 saturated heterocycles. The average Bonchev–Trinajstić information content (AvgIpc) is 2.82. The highest BCUT2D eigenvalue weighted by Crippen LogP contribution is 2.37. The third-order valence-electron chi connectivity index (χ3n) is 5.09. The SMILES string of the molecule is Cc1ccc2c(c1)O[C@@H](C(=O)NCCOc1ccc(Cl)cc1)CN2S(=O)(=O)c1ccccc1. The Kier molecular flexibility index (Phi) is 6.76. The van der Waals surface area contributed by atoms with E-state index in [0.717, 1.165) is 5.56 Å². The molecule has 1 heterocycles. The molecule has 3 aromatic rings. The van der Waals surface area contributed by atoms with Gasteiger partial charge in [0, 0.05) is 5.02 Å². The van der Waals surface area contributed by atoms with Crippen molar-refractivity contribution in [2.45, 2.75) is 17.9 Å². The summed E-state index contributed by atoms with van der Waals surface area (Å²) in [5.74, 6) is 0.556. The number of hydrogen-bond acceptors (Lipinski definition) is 5. The summed E-state index contributed by atoms with van der Waals surface area (Å²) in [6, 6.07) is 20.3. The number of fused-ring (bicyclic) bond motifs is 1. The molecule has 0 saturated carbocycles. The quantitative estimate of drug-likeness (QED) is 0.513. The Morgan fingerprint density at radius 2 is 1.85 bits per heavy atom. The van der Waals surface area contributed by atoms with Crippen LogP contribution in [-0.4, -0.2) is 40.1 Å². The Balaban J connectivity index is 1.47. The molecule has 1 aliphatic rings. The molecule has 1 aliphatic heterocycles. The Morgan fingerprint density at radius 1 is 1.12 bits per heavy atom. The van der Waals surface area contributed by atoms with Crippen molar-refractivity contribution in [1.82, 2.24) is 5.32 Å². The maximum Gasteiger partial charge on any atom is 0.264 e. The zero-order chi connectivity index (χ0) is 23.4. The van der Waals surface area contributed by atoms with E-state index in [9.17, 15) is 13.2 Å². The highest BCUT2D eigenvalue weighted by molar-refractivity contribution is 7.92. The first-order valence-electron chi connectivity index (χ1n) is 10.4. The summed E-state index contributed by atoms with van der Waals surface area (Å²) < 4.78 is 39.4. The lowest BCUT2D eigenvalue weighted by Crippen LogP contribution is -2.51. The highest BCUT2D eigenvalue weighted by Gasteiger charge is 2.37. The molecule has 1 atom stereocenters. The van der Waals surface area contributed by atoms with E-state index in [0.29, 0.717) is 22.2 Å². The van der Waals surface area contributed by atoms with E-state index in [4.69, 9.17) is 21.1 Å². The third kappa shape index (κ3) is 5.23. The highest BCUT2D eigenvalue weighted by atomic mass is 35.5. The second-order valence-electron chi connectivity index (χ2n) is 7.52. The number of nitrogens with zero attached hydrogens (tertiary/aromatic N) is 1. The molecular formula is C24H23ClN2O5S. The van der Waals surface area contributed by atoms with E-state index in [-0.39, 0.29) is 24.6 Å². The molecule has 3 aromatic carbocycles. The van der Waals surface area contributed by atoms with Crippen LogP contribution in [0.15, 0.2) is 77.7 Å². The van der Waals surface area contributed by atoms with Crippen molar-refractivity contribution in [2.75, 3.05) is 24.0 Å². The van der Waals surface area contributed by atoms with Crippen LogP contribution in [0.4, 0.5) is 5.69 Å². The first kappa shape index (κ1) is 22.9. The number of benzene rings is 3. The molecule has 172 valence electrons. The second-order valence-corrected chi connectivity index (χ2v) is 9.82. The van der Waals surface area contributed by atoms with Crippen LogP contribution < -0.4 is 19.1 Å². The van der Waals surface area contributed by atoms with E-state index in [1.807, 2.05) is 13.0 Å². The predicted molar refractivity (Wildman–Crippen MR) is 127 cm³/mol. The average molecular weight is 487 g/mol. The van der Waals surface area contributed by atoms with Crippen molar-refractivity contribution >= 4 is 33.2 Å². The van der Waals surface area contributed by atoms with E-state index in [1.54, 1.807) is 54.6 Å². The Hall–Kier alpha value is -3.23. The van der Waals surface area contributed by atoms with Gasteiger partial charge in [-0.1, -0.05) is 35.9 Å². The van der Waals surface area contributed by atoms with Gasteiger partial charge in [0.05, 0.1) is 23.7 Å². The van der Waals surface area contributed by atoms with Crippen molar-refractivity contribution in [3.05, 3.63) is 83.4 Å². The minimum Gasteiger partial charge on any atom is -0.492 e. The molecule has 0 bridgehead atoms. The standard InChI is InChI=1S/C24H23ClN2O5S/c1-17-7-12-21-22(15-17)32-23(16-27(21)33(29,30)20-5-3-2-4-6-20)24(28)26-13-14-31-19-10-8-18(25)9-11-19/h2-12,15,23H,13-14,16H2,1H3,(H,26,28)/t23-/m1/s1. The zero-order valence-corrected chi connectivity index (χ0v) is 19.5. The van der Waals surface area contributed by atoms with Gasteiger partial charge in [0.15, 0.2) is 6.10 Å². The van der Waals surface area contributed by atoms with Crippen molar-refractivity contribution < 1.29 is 22.7 Å². The van der Waals surface area contributed by atoms with Gasteiger partial charge in [0.2, 0.25) is 0 Å². The second kappa shape index (κ2) is 9.72. The summed E-state index contributed by atoms with van der Waals surface area (Å²) in [5, 5.41) is 3.36. The fourth-order valence-corrected chi connectivity index (χ4v) is 5.06. The van der Waals surface area contributed by atoms with Gasteiger partial charge in [0.25, 0.3) is 15.9 Å². The molecule has 9 heteroatoms. The molecule has 1 N–H and O–H groups in total. The first-order chi connectivity index (χ1) is 15.8. The van der Waals surface area contributed by atoms with Crippen LogP contribution in [0.1, 0.15) is 5.56 Å². The minimum absolute atomic E-state index is 0.142. The number of ether oxygens (including phenoxy) is 2. The maximum atomic E-state index is 13.4. The zero-order valence-electron chi connectivity index (χ0n) is 17.9. The van der Waals surface area contributed by atoms with E-state index in [1.165, 1.54) is 16.4 Å². The van der Waals surface area contributed by atoms with Crippen LogP contribution in [0.2, 0.25) is 5.02 Å². The van der Waals surface area contributed by atoms with Crippen LogP contribution in [-0.2, 0) is 14.8 Å². The van der Waals surface area contributed by atoms with Gasteiger partial charge < -0.3 is 14.8 Å². The summed E-state index contributed by atoms with van der Waals surface area (Å²) in [4.78, 5) is 13.0. The molecule has 33 heavy (non-hydrogen) atoms. The summed E-state index contributed by atoms with van der Waals surface area (Å²) in [7, 11) is -3.88. The molecule has 0 fully saturated rings. The van der Waals surface area contributed by atoms with Crippen LogP contribution in [0.5, 0.6) is 11.5 Å². The van der Waals surface area contributed by atoms with Gasteiger partial charge in [-0.15, -0.1) is 0 Å². The lowest BCUT2D eigenvalue weighted by molar-refractivity contribution is -0.127. The Morgan fingerprint density at radius 3 is 2.58 bits per heavy atom. The van der Waals surface area contributed by atoms with Gasteiger partial charge in [-0.05, 0) is 61.0 Å². The number of sulfonamides is 1. The summed E-state index contributed by atoms with van der Waals surface area (Å²) in [6.45, 7) is 2.20. The summed E-state index contributed by atoms with van der Waals surface area (Å²) in [6.07, 6.45) is -1.01. The molecule has 7 nitrogen and oxygen atoms in total. The van der Waals surface area contributed by atoms with Gasteiger partial charge in [-0.3, -0.25) is 9.10 Å². The topological polar surface area (TPSA) is 84.9 Å². The Bertz CT molecular complexity index is 1230. The van der Waals surface area contributed by atoms with E-state index < -0.39 is 22.0 Å². The predicted octanol–water partition coefficient (Wildman–Crippen LogP) is 3.80. The van der Waals surface area contributed by atoms with Gasteiger partial charge in [0.1, 0.15) is 18.1 Å². The van der Waals surface area contributed by atoms with Crippen LogP contribution in [0.3, 0.4) is 0 Å². The molecule has 1 amide bonds. The fraction of sp³-hybridized carbons (Fsp3) is 0.208. The lowest BCUT2D eigenvalue weighted by atomic mass is 10.1. The van der Waals surface area contributed by atoms with Crippen LogP contribution in [0, 0.1) is 6.92 Å². The fourth-order valence-electron chi connectivity index (χ4n) is 3.43. The van der Waals surface area contributed by atoms with E-state index >= 15 is 0 Å². The summed E-state index contributed by atoms with van der Waals surface area (Å²) >= 11 is 5.86. The van der Waals surface area contributed by atoms with Crippen LogP contribution in [0.25, 0.3) is 0 Å². The number of amides is 1. The minimum atomic E-state index is -3.88. The van der Waals surface area contributed by atoms with Gasteiger partial charge in [-0.25, -0.2) is 8.42 Å². The van der Waals surface area contributed by atoms with Crippen molar-refractivity contribution in [1.29, 1.82) is 0 Å². The molecule has 4 rings (SSSR count). The smallest absolute Gasteiger partial charge is 0.264 e. The maximum absolute atomic E-state index is 13.4. The monoisotopic (exact) mass is 486 g/mol. The Labute approximate surface area is 197 Å². The molecule has 0 unspecified atom stereocenters. The van der Waals surface area contributed by atoms with Crippen molar-refractivity contribution in [2.24, 2.45) is 0 Å². The number of carbonyl (C=O) groups excluding carboxylic acids is 1. The molecule has 0 spiro atoms. The summed E-state index contributed by atoms with van der Waals surface area (Å²) in [5.41, 5.74) is 1.29. The van der Waals surface area contributed by atoms with Crippen LogP contribution >= 0.6 is 11.6 Å². The van der Waals surface area contributed by atoms with Crippen molar-refractivity contribution in [3.8, 4) is 11.5 Å².